The number of hydrogen-bond donors (Lipinski definition) is 2. The van der Waals surface area contributed by atoms with Crippen LogP contribution in [0.5, 0.6) is 0 Å². The molecule has 3 heterocycles. The zero-order valence-electron chi connectivity index (χ0n) is 27.2. The molecule has 5 atom stereocenters. The van der Waals surface area contributed by atoms with Crippen molar-refractivity contribution in [1.82, 2.24) is 20.4 Å². The number of sulfonamides is 1. The van der Waals surface area contributed by atoms with Crippen LogP contribution in [0.1, 0.15) is 75.8 Å². The quantitative estimate of drug-likeness (QED) is 0.308. The van der Waals surface area contributed by atoms with Crippen molar-refractivity contribution in [3.8, 4) is 0 Å². The monoisotopic (exact) mass is 695 g/mol. The van der Waals surface area contributed by atoms with Crippen LogP contribution in [0.4, 0.5) is 9.18 Å². The van der Waals surface area contributed by atoms with Gasteiger partial charge in [0, 0.05) is 36.6 Å². The van der Waals surface area contributed by atoms with E-state index in [1.807, 2.05) is 6.08 Å². The molecule has 2 N–H and O–H groups in total. The molecule has 5 amide bonds. The number of benzene rings is 1. The average molecular weight is 696 g/mol. The fourth-order valence-corrected chi connectivity index (χ4v) is 8.03. The van der Waals surface area contributed by atoms with Gasteiger partial charge in [-0.15, -0.1) is 0 Å². The van der Waals surface area contributed by atoms with Crippen LogP contribution in [0.25, 0.3) is 4.72 Å². The zero-order chi connectivity index (χ0) is 33.5. The second-order valence-electron chi connectivity index (χ2n) is 13.2. The van der Waals surface area contributed by atoms with Gasteiger partial charge in [-0.3, -0.25) is 19.3 Å². The molecule has 0 radical (unpaired) electrons. The Labute approximate surface area is 301 Å². The molecule has 0 aromatic heterocycles. The van der Waals surface area contributed by atoms with Crippen LogP contribution in [-0.4, -0.2) is 83.5 Å². The maximum Gasteiger partial charge on any atom is 1.00 e. The van der Waals surface area contributed by atoms with Gasteiger partial charge in [-0.25, -0.2) is 17.6 Å². The molecule has 0 bridgehead atoms. The maximum atomic E-state index is 14.3. The van der Waals surface area contributed by atoms with Crippen molar-refractivity contribution in [3.05, 3.63) is 52.0 Å². The third-order valence-corrected chi connectivity index (χ3v) is 11.3. The second kappa shape index (κ2) is 14.5. The minimum Gasteiger partial charge on any atom is -0.544 e. The SMILES string of the molecule is CC(=O)N[C@H]1CCCCC/C=C\[C@@H]2C[C@@]2(C(=O)[N-]S(=O)(=O)C2CC2)NC(=O)[C@@H]2C[C@@H](OC(=O)N3Cc4cccc(F)c4C3)CN2C1=O.[Na+]. The molecule has 0 unspecified atom stereocenters. The Morgan fingerprint density at radius 2 is 1.88 bits per heavy atom. The number of halogens is 1. The van der Waals surface area contributed by atoms with Crippen molar-refractivity contribution < 1.29 is 71.1 Å². The van der Waals surface area contributed by atoms with Crippen LogP contribution >= 0.6 is 0 Å². The molecule has 48 heavy (non-hydrogen) atoms. The van der Waals surface area contributed by atoms with Crippen molar-refractivity contribution in [2.24, 2.45) is 5.92 Å². The van der Waals surface area contributed by atoms with Crippen molar-refractivity contribution in [1.29, 1.82) is 0 Å². The Bertz CT molecular complexity index is 1620. The fourth-order valence-electron chi connectivity index (χ4n) is 6.76. The number of ether oxygens (including phenoxy) is 1. The van der Waals surface area contributed by atoms with Gasteiger partial charge >= 0.3 is 35.7 Å². The van der Waals surface area contributed by atoms with E-state index in [1.54, 1.807) is 18.2 Å². The Kier molecular flexibility index (Phi) is 10.9. The van der Waals surface area contributed by atoms with E-state index in [1.165, 1.54) is 22.8 Å². The molecule has 254 valence electrons. The van der Waals surface area contributed by atoms with Crippen LogP contribution in [0.2, 0.25) is 0 Å². The Hall–Kier alpha value is -3.01. The van der Waals surface area contributed by atoms with E-state index in [0.29, 0.717) is 43.2 Å². The third kappa shape index (κ3) is 7.74. The van der Waals surface area contributed by atoms with Crippen molar-refractivity contribution in [3.63, 3.8) is 0 Å². The number of amides is 5. The summed E-state index contributed by atoms with van der Waals surface area (Å²) in [5.41, 5.74) is -0.527. The number of allylic oxidation sites excluding steroid dienone is 1. The topological polar surface area (TPSA) is 173 Å². The van der Waals surface area contributed by atoms with Crippen LogP contribution < -0.4 is 40.2 Å². The summed E-state index contributed by atoms with van der Waals surface area (Å²) in [6.45, 7) is 1.30. The van der Waals surface area contributed by atoms with E-state index in [2.05, 4.69) is 15.4 Å². The molecule has 3 aliphatic heterocycles. The van der Waals surface area contributed by atoms with Gasteiger partial charge in [-0.1, -0.05) is 37.1 Å². The predicted octanol–water partition coefficient (Wildman–Crippen LogP) is -0.456. The van der Waals surface area contributed by atoms with Gasteiger partial charge in [0.05, 0.1) is 34.6 Å². The second-order valence-corrected chi connectivity index (χ2v) is 15.1. The molecule has 3 fully saturated rings. The van der Waals surface area contributed by atoms with E-state index in [-0.39, 0.29) is 62.0 Å². The number of nitrogens with one attached hydrogen (secondary N) is 2. The average Bonchev–Trinajstić information content (AvgIpc) is 3.89. The van der Waals surface area contributed by atoms with Gasteiger partial charge in [0.15, 0.2) is 0 Å². The molecule has 2 saturated carbocycles. The van der Waals surface area contributed by atoms with Crippen LogP contribution in [-0.2, 0) is 47.0 Å². The molecule has 2 aliphatic carbocycles. The summed E-state index contributed by atoms with van der Waals surface area (Å²) in [6, 6.07) is 2.48. The molecule has 5 aliphatic rings. The van der Waals surface area contributed by atoms with E-state index in [4.69, 9.17) is 4.74 Å². The molecule has 1 saturated heterocycles. The number of hydrogen-bond acceptors (Lipinski definition) is 8. The van der Waals surface area contributed by atoms with Gasteiger partial charge in [0.25, 0.3) is 0 Å². The van der Waals surface area contributed by atoms with E-state index in [9.17, 15) is 36.8 Å². The third-order valence-electron chi connectivity index (χ3n) is 9.61. The summed E-state index contributed by atoms with van der Waals surface area (Å²) in [6.07, 6.45) is 6.13. The van der Waals surface area contributed by atoms with Gasteiger partial charge in [-0.2, -0.15) is 0 Å². The predicted molar refractivity (Wildman–Crippen MR) is 165 cm³/mol. The number of rotatable bonds is 5. The molecule has 13 nitrogen and oxygen atoms in total. The van der Waals surface area contributed by atoms with E-state index < -0.39 is 80.5 Å². The van der Waals surface area contributed by atoms with Gasteiger partial charge < -0.3 is 29.8 Å². The molecular weight excluding hydrogens is 656 g/mol. The first-order chi connectivity index (χ1) is 22.4. The maximum absolute atomic E-state index is 14.3. The van der Waals surface area contributed by atoms with Gasteiger partial charge in [0.2, 0.25) is 17.7 Å². The Morgan fingerprint density at radius 3 is 2.58 bits per heavy atom. The summed E-state index contributed by atoms with van der Waals surface area (Å²) in [7, 11) is -4.02. The van der Waals surface area contributed by atoms with Crippen molar-refractivity contribution in [2.75, 3.05) is 6.54 Å². The largest absolute Gasteiger partial charge is 1.00 e. The standard InChI is InChI=1S/C32H40FN5O8S.Na/c1-19(39)34-26-11-6-4-2-3-5-9-21-15-32(21,30(42)36-47(44,45)23-12-13-23)35-28(40)27-14-22(17-38(27)29(26)41)46-31(43)37-16-20-8-7-10-25(33)24(20)18-37;/h5,7-10,21-23,26-27H,2-4,6,11-18H2,1H3,(H3,34,35,36,39,40,42);/q;+1/p-1/b9-5-;/t21-,22-,26+,27+,32-;/m1./s1. The smallest absolute Gasteiger partial charge is 0.544 e. The van der Waals surface area contributed by atoms with Crippen LogP contribution in [0.3, 0.4) is 0 Å². The number of carbonyl (C=O) groups excluding carboxylic acids is 5. The summed E-state index contributed by atoms with van der Waals surface area (Å²) in [5, 5.41) is 4.73. The Balaban J connectivity index is 0.00000451. The first-order valence-electron chi connectivity index (χ1n) is 16.2. The van der Waals surface area contributed by atoms with Crippen molar-refractivity contribution >= 4 is 39.7 Å². The molecule has 0 spiro atoms. The number of fused-ring (bicyclic) bond motifs is 3. The van der Waals surface area contributed by atoms with Gasteiger partial charge in [-0.05, 0) is 50.2 Å². The number of carbonyl (C=O) groups is 5. The van der Waals surface area contributed by atoms with Gasteiger partial charge in [0.1, 0.15) is 24.0 Å². The summed E-state index contributed by atoms with van der Waals surface area (Å²) >= 11 is 0. The molecule has 1 aromatic rings. The van der Waals surface area contributed by atoms with Crippen LogP contribution in [0.15, 0.2) is 30.4 Å². The molecular formula is C32H39FN5NaO8S. The fraction of sp³-hybridized carbons (Fsp3) is 0.594. The minimum absolute atomic E-state index is 0. The summed E-state index contributed by atoms with van der Waals surface area (Å²) < 4.78 is 48.9. The van der Waals surface area contributed by atoms with E-state index >= 15 is 0 Å². The van der Waals surface area contributed by atoms with Crippen LogP contribution in [0, 0.1) is 11.7 Å². The Morgan fingerprint density at radius 1 is 1.10 bits per heavy atom. The first kappa shape index (κ1) is 36.3. The van der Waals surface area contributed by atoms with E-state index in [0.717, 1.165) is 12.8 Å². The minimum atomic E-state index is -4.02. The number of nitrogens with zero attached hydrogens (tertiary/aromatic N) is 3. The summed E-state index contributed by atoms with van der Waals surface area (Å²) in [4.78, 5) is 69.2. The first-order valence-corrected chi connectivity index (χ1v) is 17.7. The summed E-state index contributed by atoms with van der Waals surface area (Å²) in [5.74, 6) is -3.52. The van der Waals surface area contributed by atoms with Crippen molar-refractivity contribution in [2.45, 2.75) is 107 Å². The molecule has 1 aromatic carbocycles. The normalized spacial score (nSPS) is 29.5. The molecule has 16 heteroatoms. The zero-order valence-corrected chi connectivity index (χ0v) is 30.0. The molecule has 6 rings (SSSR count).